The van der Waals surface area contributed by atoms with E-state index in [2.05, 4.69) is 12.2 Å². The Labute approximate surface area is 102 Å². The number of carbonyl (C=O) groups is 2. The second-order valence-corrected chi connectivity index (χ2v) is 5.50. The zero-order valence-electron chi connectivity index (χ0n) is 10.5. The summed E-state index contributed by atoms with van der Waals surface area (Å²) in [6.07, 6.45) is 6.09. The van der Waals surface area contributed by atoms with Gasteiger partial charge in [-0.3, -0.25) is 14.9 Å². The van der Waals surface area contributed by atoms with Gasteiger partial charge in [-0.1, -0.05) is 6.92 Å². The van der Waals surface area contributed by atoms with Crippen molar-refractivity contribution in [2.24, 2.45) is 17.1 Å². The number of hydrogen-bond acceptors (Lipinski definition) is 3. The normalized spacial score (nSPS) is 38.9. The number of hydrogen-bond donors (Lipinski definition) is 2. The molecule has 1 atom stereocenters. The molecule has 2 rings (SSSR count). The molecule has 0 radical (unpaired) electrons. The number of imide groups is 1. The first-order valence-corrected chi connectivity index (χ1v) is 6.68. The Bertz CT molecular complexity index is 321. The number of nitrogens with two attached hydrogens (primary N) is 1. The lowest BCUT2D eigenvalue weighted by Gasteiger charge is -2.43. The van der Waals surface area contributed by atoms with Gasteiger partial charge in [0.15, 0.2) is 0 Å². The van der Waals surface area contributed by atoms with Crippen molar-refractivity contribution < 1.29 is 9.59 Å². The van der Waals surface area contributed by atoms with Crippen LogP contribution >= 0.6 is 0 Å². The van der Waals surface area contributed by atoms with Gasteiger partial charge in [-0.15, -0.1) is 0 Å². The van der Waals surface area contributed by atoms with Crippen LogP contribution in [0.4, 0.5) is 0 Å². The first kappa shape index (κ1) is 12.6. The van der Waals surface area contributed by atoms with Crippen molar-refractivity contribution in [2.45, 2.75) is 57.9 Å². The van der Waals surface area contributed by atoms with Gasteiger partial charge in [0.05, 0.1) is 5.41 Å². The summed E-state index contributed by atoms with van der Waals surface area (Å²) < 4.78 is 0. The van der Waals surface area contributed by atoms with Crippen LogP contribution in [0.15, 0.2) is 0 Å². The molecule has 2 fully saturated rings. The molecular formula is C13H22N2O2. The summed E-state index contributed by atoms with van der Waals surface area (Å²) in [7, 11) is 0. The Morgan fingerprint density at radius 3 is 2.47 bits per heavy atom. The highest BCUT2D eigenvalue weighted by atomic mass is 16.2. The predicted molar refractivity (Wildman–Crippen MR) is 65.0 cm³/mol. The van der Waals surface area contributed by atoms with E-state index in [-0.39, 0.29) is 17.2 Å². The molecule has 96 valence electrons. The van der Waals surface area contributed by atoms with Gasteiger partial charge in [0.25, 0.3) is 0 Å². The highest BCUT2D eigenvalue weighted by Gasteiger charge is 2.47. The van der Waals surface area contributed by atoms with Crippen molar-refractivity contribution in [1.29, 1.82) is 0 Å². The van der Waals surface area contributed by atoms with Gasteiger partial charge in [0.2, 0.25) is 11.8 Å². The third kappa shape index (κ3) is 2.23. The molecule has 1 aliphatic carbocycles. The molecule has 2 amide bonds. The van der Waals surface area contributed by atoms with E-state index in [1.165, 1.54) is 0 Å². The number of amides is 2. The summed E-state index contributed by atoms with van der Waals surface area (Å²) in [6, 6.07) is 0.299. The molecule has 0 aromatic rings. The standard InChI is InChI=1S/C13H22N2O2/c1-2-13(8-7-11(16)15-12(13)17)9-3-5-10(14)6-4-9/h9-10H,2-8,14H2,1H3,(H,15,16,17). The molecule has 0 spiro atoms. The monoisotopic (exact) mass is 238 g/mol. The average Bonchev–Trinajstić information content (AvgIpc) is 2.31. The molecule has 0 bridgehead atoms. The van der Waals surface area contributed by atoms with Crippen LogP contribution in [-0.4, -0.2) is 17.9 Å². The quantitative estimate of drug-likeness (QED) is 0.713. The van der Waals surface area contributed by atoms with Gasteiger partial charge < -0.3 is 5.73 Å². The van der Waals surface area contributed by atoms with E-state index in [1.54, 1.807) is 0 Å². The van der Waals surface area contributed by atoms with Gasteiger partial charge in [-0.2, -0.15) is 0 Å². The summed E-state index contributed by atoms with van der Waals surface area (Å²) in [4.78, 5) is 23.4. The molecule has 1 unspecified atom stereocenters. The smallest absolute Gasteiger partial charge is 0.233 e. The Balaban J connectivity index is 2.13. The Hall–Kier alpha value is -0.900. The van der Waals surface area contributed by atoms with Gasteiger partial charge >= 0.3 is 0 Å². The third-order valence-corrected chi connectivity index (χ3v) is 4.69. The van der Waals surface area contributed by atoms with Crippen molar-refractivity contribution in [3.8, 4) is 0 Å². The molecule has 17 heavy (non-hydrogen) atoms. The van der Waals surface area contributed by atoms with Gasteiger partial charge in [0.1, 0.15) is 0 Å². The number of carbonyl (C=O) groups excluding carboxylic acids is 2. The zero-order chi connectivity index (χ0) is 12.5. The minimum absolute atomic E-state index is 0.0447. The topological polar surface area (TPSA) is 72.2 Å². The molecular weight excluding hydrogens is 216 g/mol. The number of rotatable bonds is 2. The van der Waals surface area contributed by atoms with Crippen LogP contribution in [0.3, 0.4) is 0 Å². The molecule has 0 aromatic heterocycles. The second kappa shape index (κ2) is 4.77. The fraction of sp³-hybridized carbons (Fsp3) is 0.846. The molecule has 0 aromatic carbocycles. The molecule has 1 heterocycles. The van der Waals surface area contributed by atoms with E-state index in [1.807, 2.05) is 0 Å². The lowest BCUT2D eigenvalue weighted by Crippen LogP contribution is -2.53. The molecule has 3 N–H and O–H groups in total. The maximum Gasteiger partial charge on any atom is 0.233 e. The Morgan fingerprint density at radius 2 is 1.94 bits per heavy atom. The van der Waals surface area contributed by atoms with Crippen LogP contribution in [0, 0.1) is 11.3 Å². The van der Waals surface area contributed by atoms with Crippen LogP contribution in [0.1, 0.15) is 51.9 Å². The predicted octanol–water partition coefficient (Wildman–Crippen LogP) is 1.34. The van der Waals surface area contributed by atoms with Crippen molar-refractivity contribution in [3.63, 3.8) is 0 Å². The molecule has 1 saturated carbocycles. The Kier molecular flexibility index (Phi) is 3.52. The van der Waals surface area contributed by atoms with Crippen molar-refractivity contribution in [2.75, 3.05) is 0 Å². The molecule has 4 heteroatoms. The highest BCUT2D eigenvalue weighted by molar-refractivity contribution is 6.00. The van der Waals surface area contributed by atoms with Crippen LogP contribution in [0.2, 0.25) is 0 Å². The summed E-state index contributed by atoms with van der Waals surface area (Å²) in [6.45, 7) is 2.06. The van der Waals surface area contributed by atoms with Gasteiger partial charge in [-0.05, 0) is 44.4 Å². The summed E-state index contributed by atoms with van der Waals surface area (Å²) in [5.74, 6) is 0.240. The fourth-order valence-corrected chi connectivity index (χ4v) is 3.45. The van der Waals surface area contributed by atoms with Crippen LogP contribution < -0.4 is 11.1 Å². The van der Waals surface area contributed by atoms with E-state index < -0.39 is 0 Å². The zero-order valence-corrected chi connectivity index (χ0v) is 10.5. The lowest BCUT2D eigenvalue weighted by molar-refractivity contribution is -0.146. The first-order valence-electron chi connectivity index (χ1n) is 6.68. The van der Waals surface area contributed by atoms with E-state index in [4.69, 9.17) is 5.73 Å². The van der Waals surface area contributed by atoms with Crippen molar-refractivity contribution in [3.05, 3.63) is 0 Å². The maximum atomic E-state index is 12.2. The minimum Gasteiger partial charge on any atom is -0.328 e. The van der Waals surface area contributed by atoms with Crippen molar-refractivity contribution >= 4 is 11.8 Å². The van der Waals surface area contributed by atoms with Crippen molar-refractivity contribution in [1.82, 2.24) is 5.32 Å². The SMILES string of the molecule is CCC1(C2CCC(N)CC2)CCC(=O)NC1=O. The van der Waals surface area contributed by atoms with E-state index in [0.29, 0.717) is 24.8 Å². The van der Waals surface area contributed by atoms with Crippen LogP contribution in [-0.2, 0) is 9.59 Å². The van der Waals surface area contributed by atoms with Crippen LogP contribution in [0.25, 0.3) is 0 Å². The largest absolute Gasteiger partial charge is 0.328 e. The van der Waals surface area contributed by atoms with Gasteiger partial charge in [-0.25, -0.2) is 0 Å². The highest BCUT2D eigenvalue weighted by Crippen LogP contribution is 2.45. The molecule has 1 aliphatic heterocycles. The summed E-state index contributed by atoms with van der Waals surface area (Å²) >= 11 is 0. The molecule has 2 aliphatic rings. The summed E-state index contributed by atoms with van der Waals surface area (Å²) in [5, 5.41) is 2.52. The average molecular weight is 238 g/mol. The lowest BCUT2D eigenvalue weighted by atomic mass is 9.62. The first-order chi connectivity index (χ1) is 8.08. The fourth-order valence-electron chi connectivity index (χ4n) is 3.45. The molecule has 1 saturated heterocycles. The summed E-state index contributed by atoms with van der Waals surface area (Å²) in [5.41, 5.74) is 5.60. The minimum atomic E-state index is -0.311. The maximum absolute atomic E-state index is 12.2. The second-order valence-electron chi connectivity index (χ2n) is 5.50. The molecule has 4 nitrogen and oxygen atoms in total. The Morgan fingerprint density at radius 1 is 1.29 bits per heavy atom. The number of nitrogens with one attached hydrogen (secondary N) is 1. The van der Waals surface area contributed by atoms with E-state index in [9.17, 15) is 9.59 Å². The number of piperidine rings is 1. The third-order valence-electron chi connectivity index (χ3n) is 4.69. The van der Waals surface area contributed by atoms with E-state index in [0.717, 1.165) is 32.1 Å². The van der Waals surface area contributed by atoms with Crippen LogP contribution in [0.5, 0.6) is 0 Å². The van der Waals surface area contributed by atoms with E-state index >= 15 is 0 Å². The van der Waals surface area contributed by atoms with Gasteiger partial charge in [0, 0.05) is 12.5 Å².